The maximum Gasteiger partial charge on any atom is 0.335 e. The van der Waals surface area contributed by atoms with Gasteiger partial charge in [0.05, 0.1) is 22.9 Å². The van der Waals surface area contributed by atoms with Crippen LogP contribution in [0.5, 0.6) is 0 Å². The second-order valence-electron chi connectivity index (χ2n) is 4.52. The largest absolute Gasteiger partial charge is 0.478 e. The Morgan fingerprint density at radius 1 is 1.20 bits per heavy atom. The zero-order valence-corrected chi connectivity index (χ0v) is 10.7. The zero-order chi connectivity index (χ0) is 13.9. The summed E-state index contributed by atoms with van der Waals surface area (Å²) in [6.07, 6.45) is 4.28. The van der Waals surface area contributed by atoms with Crippen LogP contribution in [0.15, 0.2) is 48.9 Å². The zero-order valence-electron chi connectivity index (χ0n) is 10.7. The van der Waals surface area contributed by atoms with E-state index in [1.165, 1.54) is 0 Å². The Balaban J connectivity index is 1.88. The van der Waals surface area contributed by atoms with E-state index in [0.29, 0.717) is 0 Å². The monoisotopic (exact) mass is 267 g/mol. The van der Waals surface area contributed by atoms with Crippen LogP contribution in [-0.2, 0) is 13.0 Å². The van der Waals surface area contributed by atoms with Crippen LogP contribution in [0.4, 0.5) is 0 Å². The Kier molecular flexibility index (Phi) is 3.16. The fourth-order valence-electron chi connectivity index (χ4n) is 2.15. The number of benzene rings is 1. The summed E-state index contributed by atoms with van der Waals surface area (Å²) in [5, 5.41) is 9.04. The van der Waals surface area contributed by atoms with Crippen molar-refractivity contribution in [2.75, 3.05) is 0 Å². The summed E-state index contributed by atoms with van der Waals surface area (Å²) < 4.78 is 1.95. The molecule has 0 fully saturated rings. The number of pyridine rings is 1. The fourth-order valence-corrected chi connectivity index (χ4v) is 2.15. The first-order chi connectivity index (χ1) is 9.74. The second-order valence-corrected chi connectivity index (χ2v) is 4.52. The molecule has 3 rings (SSSR count). The number of hydrogen-bond acceptors (Lipinski definition) is 3. The second kappa shape index (κ2) is 5.13. The van der Waals surface area contributed by atoms with Crippen LogP contribution in [0.2, 0.25) is 0 Å². The molecule has 3 aromatic rings. The van der Waals surface area contributed by atoms with Gasteiger partial charge >= 0.3 is 5.97 Å². The van der Waals surface area contributed by atoms with Crippen molar-refractivity contribution in [2.24, 2.45) is 0 Å². The van der Waals surface area contributed by atoms with E-state index in [0.717, 1.165) is 29.7 Å². The minimum Gasteiger partial charge on any atom is -0.478 e. The summed E-state index contributed by atoms with van der Waals surface area (Å²) >= 11 is 0. The molecule has 0 spiro atoms. The van der Waals surface area contributed by atoms with Gasteiger partial charge in [0.2, 0.25) is 0 Å². The average Bonchev–Trinajstić information content (AvgIpc) is 2.88. The number of aromatic nitrogens is 3. The summed E-state index contributed by atoms with van der Waals surface area (Å²) in [6, 6.07) is 10.8. The van der Waals surface area contributed by atoms with Gasteiger partial charge < -0.3 is 9.67 Å². The quantitative estimate of drug-likeness (QED) is 0.788. The molecule has 100 valence electrons. The Morgan fingerprint density at radius 2 is 2.10 bits per heavy atom. The third-order valence-electron chi connectivity index (χ3n) is 3.20. The molecule has 0 saturated heterocycles. The van der Waals surface area contributed by atoms with Gasteiger partial charge in [0.25, 0.3) is 0 Å². The first-order valence-electron chi connectivity index (χ1n) is 6.32. The molecule has 0 aliphatic rings. The molecule has 20 heavy (non-hydrogen) atoms. The van der Waals surface area contributed by atoms with E-state index < -0.39 is 5.97 Å². The van der Waals surface area contributed by atoms with E-state index in [1.807, 2.05) is 22.8 Å². The van der Waals surface area contributed by atoms with Crippen molar-refractivity contribution in [3.05, 3.63) is 60.2 Å². The predicted octanol–water partition coefficient (Wildman–Crippen LogP) is 2.37. The third-order valence-corrected chi connectivity index (χ3v) is 3.20. The maximum atomic E-state index is 11.0. The SMILES string of the molecule is O=C(O)c1ccc2ncn(CCc3ccccn3)c2c1. The molecule has 1 N–H and O–H groups in total. The molecule has 5 nitrogen and oxygen atoms in total. The van der Waals surface area contributed by atoms with Crippen molar-refractivity contribution in [1.82, 2.24) is 14.5 Å². The number of carboxylic acids is 1. The highest BCUT2D eigenvalue weighted by Gasteiger charge is 2.08. The average molecular weight is 267 g/mol. The van der Waals surface area contributed by atoms with Gasteiger partial charge in [-0.2, -0.15) is 0 Å². The lowest BCUT2D eigenvalue weighted by Gasteiger charge is -2.04. The molecule has 0 aliphatic heterocycles. The Morgan fingerprint density at radius 3 is 2.85 bits per heavy atom. The molecule has 0 bridgehead atoms. The van der Waals surface area contributed by atoms with Crippen LogP contribution in [-0.4, -0.2) is 25.6 Å². The van der Waals surface area contributed by atoms with Gasteiger partial charge in [-0.1, -0.05) is 6.07 Å². The fraction of sp³-hybridized carbons (Fsp3) is 0.133. The Labute approximate surface area is 115 Å². The molecule has 0 unspecified atom stereocenters. The molecule has 2 aromatic heterocycles. The molecular formula is C15H13N3O2. The topological polar surface area (TPSA) is 68.0 Å². The highest BCUT2D eigenvalue weighted by molar-refractivity contribution is 5.92. The van der Waals surface area contributed by atoms with Crippen molar-refractivity contribution in [3.63, 3.8) is 0 Å². The summed E-state index contributed by atoms with van der Waals surface area (Å²) in [6.45, 7) is 0.719. The molecule has 0 radical (unpaired) electrons. The number of fused-ring (bicyclic) bond motifs is 1. The van der Waals surface area contributed by atoms with Crippen LogP contribution in [0.25, 0.3) is 11.0 Å². The number of aromatic carboxylic acids is 1. The van der Waals surface area contributed by atoms with Crippen LogP contribution in [0.3, 0.4) is 0 Å². The Hall–Kier alpha value is -2.69. The number of hydrogen-bond donors (Lipinski definition) is 1. The number of aryl methyl sites for hydroxylation is 2. The van der Waals surface area contributed by atoms with E-state index in [4.69, 9.17) is 5.11 Å². The highest BCUT2D eigenvalue weighted by atomic mass is 16.4. The number of rotatable bonds is 4. The molecule has 0 amide bonds. The van der Waals surface area contributed by atoms with Crippen LogP contribution in [0.1, 0.15) is 16.1 Å². The third kappa shape index (κ3) is 2.38. The first kappa shape index (κ1) is 12.3. The van der Waals surface area contributed by atoms with Crippen molar-refractivity contribution in [1.29, 1.82) is 0 Å². The highest BCUT2D eigenvalue weighted by Crippen LogP contribution is 2.15. The van der Waals surface area contributed by atoms with Gasteiger partial charge in [-0.3, -0.25) is 4.98 Å². The van der Waals surface area contributed by atoms with Crippen molar-refractivity contribution in [2.45, 2.75) is 13.0 Å². The van der Waals surface area contributed by atoms with E-state index in [2.05, 4.69) is 9.97 Å². The lowest BCUT2D eigenvalue weighted by molar-refractivity contribution is 0.0697. The van der Waals surface area contributed by atoms with E-state index in [-0.39, 0.29) is 5.56 Å². The molecule has 1 aromatic carbocycles. The van der Waals surface area contributed by atoms with Crippen LogP contribution < -0.4 is 0 Å². The number of nitrogens with zero attached hydrogens (tertiary/aromatic N) is 3. The number of carbonyl (C=O) groups is 1. The van der Waals surface area contributed by atoms with Gasteiger partial charge in [0, 0.05) is 24.9 Å². The van der Waals surface area contributed by atoms with Gasteiger partial charge in [-0.25, -0.2) is 9.78 Å². The van der Waals surface area contributed by atoms with E-state index in [1.54, 1.807) is 30.7 Å². The van der Waals surface area contributed by atoms with Crippen LogP contribution >= 0.6 is 0 Å². The van der Waals surface area contributed by atoms with Gasteiger partial charge in [0.15, 0.2) is 0 Å². The number of carboxylic acid groups (broad SMARTS) is 1. The lowest BCUT2D eigenvalue weighted by atomic mass is 10.2. The van der Waals surface area contributed by atoms with E-state index >= 15 is 0 Å². The van der Waals surface area contributed by atoms with E-state index in [9.17, 15) is 4.79 Å². The van der Waals surface area contributed by atoms with Gasteiger partial charge in [-0.05, 0) is 30.3 Å². The van der Waals surface area contributed by atoms with Crippen molar-refractivity contribution in [3.8, 4) is 0 Å². The number of imidazole rings is 1. The molecule has 5 heteroatoms. The molecular weight excluding hydrogens is 254 g/mol. The maximum absolute atomic E-state index is 11.0. The normalized spacial score (nSPS) is 10.8. The smallest absolute Gasteiger partial charge is 0.335 e. The first-order valence-corrected chi connectivity index (χ1v) is 6.32. The standard InChI is InChI=1S/C15H13N3O2/c19-15(20)11-4-5-13-14(9-11)18(10-17-13)8-6-12-3-1-2-7-16-12/h1-5,7,9-10H,6,8H2,(H,19,20). The van der Waals surface area contributed by atoms with Crippen molar-refractivity contribution < 1.29 is 9.90 Å². The summed E-state index contributed by atoms with van der Waals surface area (Å²) in [5.74, 6) is -0.927. The summed E-state index contributed by atoms with van der Waals surface area (Å²) in [5.41, 5.74) is 2.91. The Bertz CT molecular complexity index is 750. The minimum atomic E-state index is -0.927. The summed E-state index contributed by atoms with van der Waals surface area (Å²) in [4.78, 5) is 19.6. The minimum absolute atomic E-state index is 0.275. The van der Waals surface area contributed by atoms with Gasteiger partial charge in [0.1, 0.15) is 0 Å². The van der Waals surface area contributed by atoms with Crippen LogP contribution in [0, 0.1) is 0 Å². The lowest BCUT2D eigenvalue weighted by Crippen LogP contribution is -2.02. The molecule has 0 saturated carbocycles. The van der Waals surface area contributed by atoms with Gasteiger partial charge in [-0.15, -0.1) is 0 Å². The molecule has 0 aliphatic carbocycles. The summed E-state index contributed by atoms with van der Waals surface area (Å²) in [7, 11) is 0. The molecule has 0 atom stereocenters. The predicted molar refractivity (Wildman–Crippen MR) is 74.6 cm³/mol. The van der Waals surface area contributed by atoms with Crippen molar-refractivity contribution >= 4 is 17.0 Å². The molecule has 2 heterocycles.